The van der Waals surface area contributed by atoms with Crippen LogP contribution in [-0.2, 0) is 13.1 Å². The molecule has 176 valence electrons. The first kappa shape index (κ1) is 28.5. The van der Waals surface area contributed by atoms with Crippen LogP contribution in [0.15, 0.2) is 61.4 Å². The van der Waals surface area contributed by atoms with Crippen molar-refractivity contribution >= 4 is 86.5 Å². The number of nitrogens with zero attached hydrogens (tertiary/aromatic N) is 3. The van der Waals surface area contributed by atoms with Gasteiger partial charge in [-0.25, -0.2) is 4.98 Å². The van der Waals surface area contributed by atoms with Gasteiger partial charge < -0.3 is 0 Å². The normalized spacial score (nSPS) is 11.9. The van der Waals surface area contributed by atoms with E-state index in [-0.39, 0.29) is 13.1 Å². The molecule has 0 radical (unpaired) electrons. The minimum absolute atomic E-state index is 0.194. The molecule has 1 heterocycles. The Labute approximate surface area is 231 Å². The zero-order valence-corrected chi connectivity index (χ0v) is 25.2. The fourth-order valence-electron chi connectivity index (χ4n) is 3.17. The van der Waals surface area contributed by atoms with Gasteiger partial charge >= 0.3 is 33.3 Å². The van der Waals surface area contributed by atoms with Crippen LogP contribution in [0.2, 0.25) is 5.02 Å². The summed E-state index contributed by atoms with van der Waals surface area (Å²) in [6.07, 6.45) is 0. The predicted octanol–water partition coefficient (Wildman–Crippen LogP) is 9.84. The summed E-state index contributed by atoms with van der Waals surface area (Å²) in [5, 5.41) is 0.681. The number of rotatable bonds is 4. The van der Waals surface area contributed by atoms with Gasteiger partial charge in [-0.15, -0.1) is 0 Å². The van der Waals surface area contributed by atoms with Gasteiger partial charge in [-0.2, -0.15) is 0 Å². The van der Waals surface area contributed by atoms with Gasteiger partial charge in [-0.1, -0.05) is 23.7 Å². The Morgan fingerprint density at radius 3 is 1.73 bits per heavy atom. The molecule has 0 atom stereocenters. The Morgan fingerprint density at radius 2 is 1.27 bits per heavy atom. The van der Waals surface area contributed by atoms with Gasteiger partial charge in [0.25, 0.3) is 0 Å². The number of hydrogen-bond acceptors (Lipinski definition) is 3. The zero-order valence-electron chi connectivity index (χ0n) is 18.6. The van der Waals surface area contributed by atoms with E-state index in [1.54, 1.807) is 0 Å². The second-order valence-electron chi connectivity index (χ2n) is 7.32. The zero-order chi connectivity index (χ0) is 24.7. The Kier molecular flexibility index (Phi) is 11.6. The van der Waals surface area contributed by atoms with Crippen molar-refractivity contribution in [1.29, 1.82) is 0 Å². The van der Waals surface area contributed by atoms with E-state index in [2.05, 4.69) is 57.8 Å². The molecule has 0 aliphatic heterocycles. The molecule has 0 bridgehead atoms. The SMILES string of the molecule is CC(=Nc1c(C)cc(C)cc1Br)c1cccc(C(C)=Nc2c(C)cc(Cl)cc2Br)n1.[Cl][Fe][Cl]. The van der Waals surface area contributed by atoms with Gasteiger partial charge in [0.2, 0.25) is 0 Å². The summed E-state index contributed by atoms with van der Waals surface area (Å²) in [6.45, 7) is 10.1. The van der Waals surface area contributed by atoms with E-state index >= 15 is 0 Å². The van der Waals surface area contributed by atoms with Crippen molar-refractivity contribution in [2.45, 2.75) is 34.6 Å². The van der Waals surface area contributed by atoms with Crippen molar-refractivity contribution < 1.29 is 13.1 Å². The first-order valence-electron chi connectivity index (χ1n) is 9.73. The number of halogens is 5. The Hall–Kier alpha value is -0.721. The second-order valence-corrected chi connectivity index (χ2v) is 11.3. The summed E-state index contributed by atoms with van der Waals surface area (Å²) >= 11 is 13.5. The van der Waals surface area contributed by atoms with Gasteiger partial charge in [0.05, 0.1) is 34.2 Å². The molecule has 3 rings (SSSR count). The third-order valence-electron chi connectivity index (χ3n) is 4.67. The molecule has 33 heavy (non-hydrogen) atoms. The van der Waals surface area contributed by atoms with Crippen LogP contribution in [0.25, 0.3) is 0 Å². The van der Waals surface area contributed by atoms with Crippen LogP contribution >= 0.6 is 63.7 Å². The maximum absolute atomic E-state index is 6.12. The van der Waals surface area contributed by atoms with E-state index in [4.69, 9.17) is 46.8 Å². The molecule has 0 aliphatic rings. The summed E-state index contributed by atoms with van der Waals surface area (Å²) in [6, 6.07) is 13.9. The molecular weight excluding hydrogens is 652 g/mol. The first-order chi connectivity index (χ1) is 15.6. The average Bonchev–Trinajstić information content (AvgIpc) is 2.73. The van der Waals surface area contributed by atoms with Crippen LogP contribution in [0.4, 0.5) is 11.4 Å². The molecule has 2 aromatic carbocycles. The number of aliphatic imine (C=N–C) groups is 2. The van der Waals surface area contributed by atoms with Crippen LogP contribution in [0.3, 0.4) is 0 Å². The molecular formula is C24H22Br2Cl3FeN3. The van der Waals surface area contributed by atoms with E-state index in [0.29, 0.717) is 5.02 Å². The van der Waals surface area contributed by atoms with Gasteiger partial charge in [-0.05, 0) is 114 Å². The molecule has 3 nitrogen and oxygen atoms in total. The molecule has 0 N–H and O–H groups in total. The Balaban J connectivity index is 0.00000122. The van der Waals surface area contributed by atoms with E-state index in [9.17, 15) is 0 Å². The Bertz CT molecular complexity index is 1080. The molecule has 0 fully saturated rings. The van der Waals surface area contributed by atoms with Crippen molar-refractivity contribution in [1.82, 2.24) is 4.98 Å². The van der Waals surface area contributed by atoms with E-state index in [0.717, 1.165) is 54.3 Å². The monoisotopic (exact) mass is 671 g/mol. The van der Waals surface area contributed by atoms with Gasteiger partial charge in [0.1, 0.15) is 0 Å². The number of hydrogen-bond donors (Lipinski definition) is 0. The topological polar surface area (TPSA) is 37.6 Å². The van der Waals surface area contributed by atoms with E-state index < -0.39 is 0 Å². The molecule has 0 unspecified atom stereocenters. The Morgan fingerprint density at radius 1 is 0.818 bits per heavy atom. The van der Waals surface area contributed by atoms with Gasteiger partial charge in [-0.3, -0.25) is 9.98 Å². The molecule has 3 aromatic rings. The fraction of sp³-hybridized carbons (Fsp3) is 0.208. The minimum atomic E-state index is 0.194. The molecule has 1 aromatic heterocycles. The van der Waals surface area contributed by atoms with Crippen LogP contribution < -0.4 is 0 Å². The van der Waals surface area contributed by atoms with Gasteiger partial charge in [0, 0.05) is 14.0 Å². The van der Waals surface area contributed by atoms with Crippen molar-refractivity contribution in [3.8, 4) is 0 Å². The molecule has 0 saturated heterocycles. The maximum atomic E-state index is 6.12. The summed E-state index contributed by atoms with van der Waals surface area (Å²) in [7, 11) is 9.53. The van der Waals surface area contributed by atoms with Crippen molar-refractivity contribution in [2.75, 3.05) is 0 Å². The molecule has 9 heteroatoms. The van der Waals surface area contributed by atoms with Crippen molar-refractivity contribution in [3.05, 3.63) is 84.5 Å². The summed E-state index contributed by atoms with van der Waals surface area (Å²) in [4.78, 5) is 14.4. The quantitative estimate of drug-likeness (QED) is 0.201. The predicted molar refractivity (Wildman–Crippen MR) is 147 cm³/mol. The van der Waals surface area contributed by atoms with E-state index in [1.165, 1.54) is 5.56 Å². The van der Waals surface area contributed by atoms with Crippen molar-refractivity contribution in [2.24, 2.45) is 9.98 Å². The van der Waals surface area contributed by atoms with E-state index in [1.807, 2.05) is 51.1 Å². The molecule has 0 saturated carbocycles. The second kappa shape index (κ2) is 13.4. The van der Waals surface area contributed by atoms with Crippen molar-refractivity contribution in [3.63, 3.8) is 0 Å². The average molecular weight is 674 g/mol. The number of benzene rings is 2. The van der Waals surface area contributed by atoms with Crippen LogP contribution in [0, 0.1) is 20.8 Å². The molecule has 0 amide bonds. The third-order valence-corrected chi connectivity index (χ3v) is 6.09. The number of pyridine rings is 1. The van der Waals surface area contributed by atoms with Crippen LogP contribution in [0.1, 0.15) is 41.9 Å². The number of aryl methyl sites for hydroxylation is 3. The summed E-state index contributed by atoms with van der Waals surface area (Å²) < 4.78 is 1.84. The molecule has 0 spiro atoms. The molecule has 0 aliphatic carbocycles. The summed E-state index contributed by atoms with van der Waals surface area (Å²) in [5.74, 6) is 0. The van der Waals surface area contributed by atoms with Crippen LogP contribution in [0.5, 0.6) is 0 Å². The van der Waals surface area contributed by atoms with Crippen LogP contribution in [-0.4, -0.2) is 16.4 Å². The summed E-state index contributed by atoms with van der Waals surface area (Å²) in [5.41, 5.74) is 8.41. The number of aromatic nitrogens is 1. The standard InChI is InChI=1S/C24H22Br2ClN3.2ClH.Fe/c1-13-9-14(2)23(19(25)10-13)28-16(4)21-7-6-8-22(30-21)17(5)29-24-15(3)11-18(27)12-20(24)26;;;/h6-12H,1-5H3;2*1H;/q;;;+2/p-2. The first-order valence-corrected chi connectivity index (χ1v) is 14.7. The third kappa shape index (κ3) is 8.17. The fourth-order valence-corrected chi connectivity index (χ4v) is 4.99. The van der Waals surface area contributed by atoms with Gasteiger partial charge in [0.15, 0.2) is 0 Å².